The van der Waals surface area contributed by atoms with Crippen molar-refractivity contribution in [2.24, 2.45) is 11.7 Å². The van der Waals surface area contributed by atoms with E-state index in [1.165, 1.54) is 0 Å². The Labute approximate surface area is 156 Å². The third-order valence-electron chi connectivity index (χ3n) is 3.62. The molecular weight excluding hydrogens is 362 g/mol. The summed E-state index contributed by atoms with van der Waals surface area (Å²) in [4.78, 5) is 46.0. The van der Waals surface area contributed by atoms with Crippen molar-refractivity contribution in [1.82, 2.24) is 5.32 Å². The highest BCUT2D eigenvalue weighted by Crippen LogP contribution is 2.29. The van der Waals surface area contributed by atoms with Gasteiger partial charge < -0.3 is 26.1 Å². The summed E-state index contributed by atoms with van der Waals surface area (Å²) in [7, 11) is 0. The molecule has 1 saturated carbocycles. The molecule has 0 radical (unpaired) electrons. The number of aliphatic carboxylic acids is 2. The van der Waals surface area contributed by atoms with Gasteiger partial charge in [0.1, 0.15) is 6.10 Å². The van der Waals surface area contributed by atoms with Crippen LogP contribution in [0.4, 0.5) is 0 Å². The number of carbonyl (C=O) groups is 3. The van der Waals surface area contributed by atoms with Gasteiger partial charge in [-0.25, -0.2) is 9.59 Å². The van der Waals surface area contributed by atoms with Gasteiger partial charge in [-0.05, 0) is 32.6 Å². The summed E-state index contributed by atoms with van der Waals surface area (Å²) in [6.07, 6.45) is 4.24. The second kappa shape index (κ2) is 11.8. The molecule has 1 fully saturated rings. The Morgan fingerprint density at radius 3 is 2.19 bits per heavy atom. The van der Waals surface area contributed by atoms with E-state index in [1.54, 1.807) is 0 Å². The molecule has 1 aliphatic carbocycles. The Morgan fingerprint density at radius 1 is 1.22 bits per heavy atom. The number of nitrogens with one attached hydrogen (secondary N) is 1. The molecule has 27 heavy (non-hydrogen) atoms. The van der Waals surface area contributed by atoms with E-state index >= 15 is 0 Å². The molecule has 1 aliphatic rings. The molecule has 0 heterocycles. The SMILES string of the molecule is CC(C)(N)CNC(=O)CC1CCCCC1O[N+](=O)[O-].O=C(O)C=CC(=O)O. The maximum atomic E-state index is 11.8. The van der Waals surface area contributed by atoms with Crippen LogP contribution in [0, 0.1) is 16.0 Å². The predicted octanol–water partition coefficient (Wildman–Crippen LogP) is 0.709. The number of hydrogen-bond acceptors (Lipinski definition) is 7. The number of rotatable bonds is 8. The minimum atomic E-state index is -1.26. The van der Waals surface area contributed by atoms with Crippen LogP contribution in [0.25, 0.3) is 0 Å². The van der Waals surface area contributed by atoms with E-state index in [0.29, 0.717) is 25.1 Å². The fraction of sp³-hybridized carbons (Fsp3) is 0.688. The number of nitrogens with zero attached hydrogens (tertiary/aromatic N) is 1. The lowest BCUT2D eigenvalue weighted by Gasteiger charge is -2.29. The van der Waals surface area contributed by atoms with Crippen LogP contribution in [0.5, 0.6) is 0 Å². The summed E-state index contributed by atoms with van der Waals surface area (Å²) in [5.41, 5.74) is 5.32. The van der Waals surface area contributed by atoms with E-state index in [9.17, 15) is 24.5 Å². The highest BCUT2D eigenvalue weighted by Gasteiger charge is 2.30. The van der Waals surface area contributed by atoms with Gasteiger partial charge in [-0.3, -0.25) is 4.79 Å². The number of hydrogen-bond donors (Lipinski definition) is 4. The van der Waals surface area contributed by atoms with E-state index in [4.69, 9.17) is 15.9 Å². The molecule has 0 aromatic rings. The molecule has 0 bridgehead atoms. The largest absolute Gasteiger partial charge is 0.478 e. The van der Waals surface area contributed by atoms with Gasteiger partial charge >= 0.3 is 11.9 Å². The van der Waals surface area contributed by atoms with Crippen LogP contribution < -0.4 is 11.1 Å². The van der Waals surface area contributed by atoms with E-state index < -0.39 is 28.7 Å². The topological polar surface area (TPSA) is 182 Å². The lowest BCUT2D eigenvalue weighted by atomic mass is 9.84. The van der Waals surface area contributed by atoms with Gasteiger partial charge in [-0.15, -0.1) is 10.1 Å². The number of carboxylic acids is 2. The quantitative estimate of drug-likeness (QED) is 0.264. The molecule has 11 heteroatoms. The highest BCUT2D eigenvalue weighted by molar-refractivity contribution is 5.89. The molecule has 0 spiro atoms. The molecule has 1 amide bonds. The molecule has 0 aromatic heterocycles. The Bertz CT molecular complexity index is 540. The molecule has 0 aliphatic heterocycles. The first-order valence-electron chi connectivity index (χ1n) is 8.41. The average molecular weight is 389 g/mol. The van der Waals surface area contributed by atoms with Crippen LogP contribution in [0.15, 0.2) is 12.2 Å². The first kappa shape index (κ1) is 24.3. The molecular formula is C16H27N3O8. The predicted molar refractivity (Wildman–Crippen MR) is 94.1 cm³/mol. The third kappa shape index (κ3) is 14.2. The molecule has 154 valence electrons. The standard InChI is InChI=1S/C12H23N3O4.C4H4O4/c1-12(2,13)8-14-11(16)7-9-5-3-4-6-10(9)19-15(17)18;5-3(6)1-2-4(7)8/h9-10H,3-8,13H2,1-2H3,(H,14,16);1-2H,(H,5,6)(H,7,8). The van der Waals surface area contributed by atoms with E-state index in [1.807, 2.05) is 13.8 Å². The molecule has 5 N–H and O–H groups in total. The van der Waals surface area contributed by atoms with Crippen LogP contribution in [0.3, 0.4) is 0 Å². The fourth-order valence-corrected chi connectivity index (χ4v) is 2.44. The minimum absolute atomic E-state index is 0.0833. The van der Waals surface area contributed by atoms with Crippen LogP contribution in [0.1, 0.15) is 46.0 Å². The maximum Gasteiger partial charge on any atom is 0.328 e. The second-order valence-corrected chi connectivity index (χ2v) is 6.89. The van der Waals surface area contributed by atoms with Crippen molar-refractivity contribution in [2.45, 2.75) is 57.6 Å². The zero-order chi connectivity index (χ0) is 21.0. The van der Waals surface area contributed by atoms with Gasteiger partial charge in [0, 0.05) is 30.7 Å². The monoisotopic (exact) mass is 389 g/mol. The summed E-state index contributed by atoms with van der Waals surface area (Å²) >= 11 is 0. The van der Waals surface area contributed by atoms with E-state index in [0.717, 1.165) is 19.3 Å². The zero-order valence-electron chi connectivity index (χ0n) is 15.4. The average Bonchev–Trinajstić information content (AvgIpc) is 2.52. The molecule has 0 aromatic carbocycles. The van der Waals surface area contributed by atoms with E-state index in [2.05, 4.69) is 10.2 Å². The Hall–Kier alpha value is -2.69. The number of amides is 1. The van der Waals surface area contributed by atoms with Crippen LogP contribution in [-0.2, 0) is 19.2 Å². The molecule has 1 rings (SSSR count). The van der Waals surface area contributed by atoms with Gasteiger partial charge in [0.2, 0.25) is 5.91 Å². The first-order chi connectivity index (χ1) is 12.4. The first-order valence-corrected chi connectivity index (χ1v) is 8.41. The summed E-state index contributed by atoms with van der Waals surface area (Å²) in [6.45, 7) is 4.04. The molecule has 2 unspecified atom stereocenters. The number of nitrogens with two attached hydrogens (primary N) is 1. The summed E-state index contributed by atoms with van der Waals surface area (Å²) in [5, 5.41) is 28.0. The van der Waals surface area contributed by atoms with Crippen molar-refractivity contribution < 1.29 is 34.5 Å². The van der Waals surface area contributed by atoms with Crippen molar-refractivity contribution in [3.63, 3.8) is 0 Å². The molecule has 2 atom stereocenters. The Kier molecular flexibility index (Phi) is 10.7. The molecule has 0 saturated heterocycles. The highest BCUT2D eigenvalue weighted by atomic mass is 17.0. The van der Waals surface area contributed by atoms with Gasteiger partial charge in [-0.1, -0.05) is 12.8 Å². The maximum absolute atomic E-state index is 11.8. The number of carboxylic acid groups (broad SMARTS) is 2. The molecule has 11 nitrogen and oxygen atoms in total. The van der Waals surface area contributed by atoms with Crippen LogP contribution >= 0.6 is 0 Å². The summed E-state index contributed by atoms with van der Waals surface area (Å²) in [6, 6.07) is 0. The Morgan fingerprint density at radius 2 is 1.74 bits per heavy atom. The van der Waals surface area contributed by atoms with Crippen LogP contribution in [-0.4, -0.2) is 51.3 Å². The van der Waals surface area contributed by atoms with Crippen molar-refractivity contribution in [3.05, 3.63) is 22.3 Å². The van der Waals surface area contributed by atoms with Gasteiger partial charge in [0.05, 0.1) is 0 Å². The van der Waals surface area contributed by atoms with Crippen molar-refractivity contribution >= 4 is 17.8 Å². The van der Waals surface area contributed by atoms with Gasteiger partial charge in [-0.2, -0.15) is 0 Å². The van der Waals surface area contributed by atoms with Crippen molar-refractivity contribution in [1.29, 1.82) is 0 Å². The fourth-order valence-electron chi connectivity index (χ4n) is 2.44. The minimum Gasteiger partial charge on any atom is -0.478 e. The second-order valence-electron chi connectivity index (χ2n) is 6.89. The van der Waals surface area contributed by atoms with E-state index in [-0.39, 0.29) is 18.2 Å². The van der Waals surface area contributed by atoms with Crippen molar-refractivity contribution in [2.75, 3.05) is 6.54 Å². The van der Waals surface area contributed by atoms with Gasteiger partial charge in [0.15, 0.2) is 0 Å². The zero-order valence-corrected chi connectivity index (χ0v) is 15.4. The summed E-state index contributed by atoms with van der Waals surface area (Å²) < 4.78 is 0. The van der Waals surface area contributed by atoms with Crippen molar-refractivity contribution in [3.8, 4) is 0 Å². The smallest absolute Gasteiger partial charge is 0.328 e. The summed E-state index contributed by atoms with van der Waals surface area (Å²) in [5.74, 6) is -2.72. The lowest BCUT2D eigenvalue weighted by Crippen LogP contribution is -2.46. The third-order valence-corrected chi connectivity index (χ3v) is 3.62. The lowest BCUT2D eigenvalue weighted by molar-refractivity contribution is -0.771. The normalized spacial score (nSPS) is 19.5. The number of carbonyl (C=O) groups excluding carboxylic acids is 1. The van der Waals surface area contributed by atoms with Crippen LogP contribution in [0.2, 0.25) is 0 Å². The Balaban J connectivity index is 0.000000713. The van der Waals surface area contributed by atoms with Gasteiger partial charge in [0.25, 0.3) is 5.09 Å².